The van der Waals surface area contributed by atoms with E-state index in [4.69, 9.17) is 14.6 Å². The first kappa shape index (κ1) is 23.7. The first-order valence-electron chi connectivity index (χ1n) is 14.0. The summed E-state index contributed by atoms with van der Waals surface area (Å²) in [6.45, 7) is 3.07. The van der Waals surface area contributed by atoms with E-state index in [1.165, 1.54) is 11.1 Å². The second-order valence-corrected chi connectivity index (χ2v) is 12.4. The molecule has 0 amide bonds. The van der Waals surface area contributed by atoms with E-state index in [0.717, 1.165) is 62.7 Å². The van der Waals surface area contributed by atoms with Gasteiger partial charge in [0, 0.05) is 25.6 Å². The summed E-state index contributed by atoms with van der Waals surface area (Å²) < 4.78 is 14.3. The highest BCUT2D eigenvalue weighted by molar-refractivity contribution is 5.61. The lowest BCUT2D eigenvalue weighted by atomic mass is 9.47. The molecule has 2 aromatic rings. The monoisotopic (exact) mass is 503 g/mol. The van der Waals surface area contributed by atoms with Gasteiger partial charge in [-0.1, -0.05) is 18.6 Å². The summed E-state index contributed by atoms with van der Waals surface area (Å²) >= 11 is 0. The number of aliphatic hydroxyl groups is 1. The maximum atomic E-state index is 11.6. The van der Waals surface area contributed by atoms with Crippen molar-refractivity contribution in [3.8, 4) is 5.82 Å². The Labute approximate surface area is 218 Å². The number of hydrogen-bond acceptors (Lipinski definition) is 6. The molecule has 37 heavy (non-hydrogen) atoms. The minimum Gasteiger partial charge on any atom is -0.393 e. The van der Waals surface area contributed by atoms with Crippen LogP contribution in [0.2, 0.25) is 0 Å². The number of aliphatic hydroxyl groups excluding tert-OH is 1. The van der Waals surface area contributed by atoms with Crippen LogP contribution in [-0.2, 0) is 20.7 Å². The second-order valence-electron chi connectivity index (χ2n) is 12.4. The van der Waals surface area contributed by atoms with Crippen LogP contribution in [0.5, 0.6) is 0 Å². The average molecular weight is 504 g/mol. The molecule has 0 aromatic carbocycles. The van der Waals surface area contributed by atoms with Gasteiger partial charge in [0.25, 0.3) is 0 Å². The quantitative estimate of drug-likeness (QED) is 0.633. The highest BCUT2D eigenvalue weighted by Gasteiger charge is 2.74. The smallest absolute Gasteiger partial charge is 0.153 e. The van der Waals surface area contributed by atoms with E-state index in [0.29, 0.717) is 30.8 Å². The maximum absolute atomic E-state index is 11.6. The zero-order valence-corrected chi connectivity index (χ0v) is 21.8. The van der Waals surface area contributed by atoms with Gasteiger partial charge in [0.2, 0.25) is 0 Å². The largest absolute Gasteiger partial charge is 0.393 e. The normalized spacial score (nSPS) is 40.9. The molecule has 2 aromatic heterocycles. The Kier molecular flexibility index (Phi) is 5.34. The number of methoxy groups -OCH3 is 1. The summed E-state index contributed by atoms with van der Waals surface area (Å²) in [7, 11) is 1.83. The molecule has 4 saturated carbocycles. The number of nitrogens with zero attached hydrogens (tertiary/aromatic N) is 3. The SMILES string of the molecule is COC12CCC3C4CCC5=Cc6c(cnn6-c6ccccn6)CC5(C)C4C(O)CC31OC2.O=CC1CC1. The number of rotatable bonds is 3. The fourth-order valence-corrected chi connectivity index (χ4v) is 8.74. The summed E-state index contributed by atoms with van der Waals surface area (Å²) in [5.41, 5.74) is 3.38. The van der Waals surface area contributed by atoms with Crippen LogP contribution in [0.25, 0.3) is 11.9 Å². The van der Waals surface area contributed by atoms with E-state index in [2.05, 4.69) is 18.0 Å². The van der Waals surface area contributed by atoms with Crippen LogP contribution in [0, 0.1) is 29.1 Å². The van der Waals surface area contributed by atoms with Crippen molar-refractivity contribution in [2.24, 2.45) is 29.1 Å². The second kappa shape index (κ2) is 8.32. The molecule has 1 saturated heterocycles. The third-order valence-electron chi connectivity index (χ3n) is 10.7. The van der Waals surface area contributed by atoms with Crippen LogP contribution in [0.3, 0.4) is 0 Å². The number of carbonyl (C=O) groups is 1. The lowest BCUT2D eigenvalue weighted by Gasteiger charge is -2.65. The fourth-order valence-electron chi connectivity index (χ4n) is 8.74. The number of pyridine rings is 1. The highest BCUT2D eigenvalue weighted by Crippen LogP contribution is 2.68. The summed E-state index contributed by atoms with van der Waals surface area (Å²) in [5, 5.41) is 16.3. The minimum absolute atomic E-state index is 0.0447. The van der Waals surface area contributed by atoms with E-state index in [-0.39, 0.29) is 28.6 Å². The van der Waals surface area contributed by atoms with Crippen LogP contribution in [-0.4, -0.2) is 57.2 Å². The minimum atomic E-state index is -0.370. The molecule has 6 aliphatic rings. The number of allylic oxidation sites excluding steroid dienone is 1. The van der Waals surface area contributed by atoms with E-state index < -0.39 is 0 Å². The molecule has 7 heteroatoms. The van der Waals surface area contributed by atoms with Crippen LogP contribution in [0.4, 0.5) is 0 Å². The average Bonchev–Trinajstić information content (AvgIpc) is 3.63. The van der Waals surface area contributed by atoms with Crippen LogP contribution in [0.1, 0.15) is 63.1 Å². The Balaban J connectivity index is 0.000000417. The number of hydrogen-bond donors (Lipinski definition) is 1. The third kappa shape index (κ3) is 3.26. The highest BCUT2D eigenvalue weighted by atomic mass is 16.6. The van der Waals surface area contributed by atoms with Gasteiger partial charge in [-0.05, 0) is 91.9 Å². The molecule has 8 rings (SSSR count). The van der Waals surface area contributed by atoms with Crippen molar-refractivity contribution in [2.75, 3.05) is 13.7 Å². The first-order valence-corrected chi connectivity index (χ1v) is 14.0. The number of aldehydes is 1. The molecule has 7 atom stereocenters. The Morgan fingerprint density at radius 2 is 2.11 bits per heavy atom. The van der Waals surface area contributed by atoms with Gasteiger partial charge in [-0.3, -0.25) is 0 Å². The molecule has 1 N–H and O–H groups in total. The first-order chi connectivity index (χ1) is 17.9. The Morgan fingerprint density at radius 3 is 2.76 bits per heavy atom. The molecular weight excluding hydrogens is 466 g/mol. The van der Waals surface area contributed by atoms with Crippen molar-refractivity contribution < 1.29 is 19.4 Å². The zero-order chi connectivity index (χ0) is 25.4. The Morgan fingerprint density at radius 1 is 1.24 bits per heavy atom. The predicted molar refractivity (Wildman–Crippen MR) is 138 cm³/mol. The van der Waals surface area contributed by atoms with E-state index >= 15 is 0 Å². The molecule has 196 valence electrons. The Hall–Kier alpha value is -2.35. The van der Waals surface area contributed by atoms with Crippen molar-refractivity contribution in [1.82, 2.24) is 14.8 Å². The summed E-state index contributed by atoms with van der Waals surface area (Å²) in [4.78, 5) is 14.1. The van der Waals surface area contributed by atoms with E-state index in [9.17, 15) is 9.90 Å². The lowest BCUT2D eigenvalue weighted by molar-refractivity contribution is -0.342. The standard InChI is InChI=1S/C26H31N3O3.C4H6O/c1-24-12-16-14-28-29(22-5-3-4-10-27-22)20(16)11-17(24)6-7-18-19-8-9-25(31-2)15-32-26(19,25)13-21(30)23(18)24;5-3-4-1-2-4/h3-5,10-11,14,18-19,21,23,30H,6-9,12-13,15H2,1-2H3;3-4H,1-2H2. The number of carbonyl (C=O) groups excluding carboxylic acids is 1. The predicted octanol–water partition coefficient (Wildman–Crippen LogP) is 4.16. The topological polar surface area (TPSA) is 86.5 Å². The van der Waals surface area contributed by atoms with Crippen molar-refractivity contribution >= 4 is 12.4 Å². The van der Waals surface area contributed by atoms with Crippen molar-refractivity contribution in [1.29, 1.82) is 0 Å². The molecular formula is C30H37N3O4. The molecule has 5 fully saturated rings. The van der Waals surface area contributed by atoms with Gasteiger partial charge in [-0.25, -0.2) is 9.67 Å². The van der Waals surface area contributed by atoms with Crippen molar-refractivity contribution in [3.63, 3.8) is 0 Å². The maximum Gasteiger partial charge on any atom is 0.153 e. The summed E-state index contributed by atoms with van der Waals surface area (Å²) in [5.74, 6) is 2.52. The van der Waals surface area contributed by atoms with Crippen LogP contribution in [0.15, 0.2) is 36.2 Å². The summed E-state index contributed by atoms with van der Waals surface area (Å²) in [6, 6.07) is 5.93. The molecule has 5 aliphatic carbocycles. The molecule has 7 nitrogen and oxygen atoms in total. The molecule has 7 unspecified atom stereocenters. The molecule has 1 spiro atoms. The van der Waals surface area contributed by atoms with E-state index in [1.54, 1.807) is 0 Å². The third-order valence-corrected chi connectivity index (χ3v) is 10.7. The van der Waals surface area contributed by atoms with Crippen molar-refractivity contribution in [2.45, 2.75) is 75.6 Å². The zero-order valence-electron chi connectivity index (χ0n) is 21.8. The Bertz CT molecular complexity index is 1230. The van der Waals surface area contributed by atoms with Gasteiger partial charge in [-0.2, -0.15) is 5.10 Å². The van der Waals surface area contributed by atoms with E-state index in [1.807, 2.05) is 42.4 Å². The fraction of sp³-hybridized carbons (Fsp3) is 0.633. The number of aromatic nitrogens is 3. The molecule has 0 bridgehead atoms. The number of fused-ring (bicyclic) bond motifs is 5. The van der Waals surface area contributed by atoms with Gasteiger partial charge < -0.3 is 19.4 Å². The van der Waals surface area contributed by atoms with Crippen molar-refractivity contribution in [3.05, 3.63) is 47.4 Å². The van der Waals surface area contributed by atoms with Gasteiger partial charge in [-0.15, -0.1) is 0 Å². The van der Waals surface area contributed by atoms with Gasteiger partial charge in [0.05, 0.1) is 24.6 Å². The van der Waals surface area contributed by atoms with Gasteiger partial charge in [0.1, 0.15) is 17.5 Å². The lowest BCUT2D eigenvalue weighted by Crippen LogP contribution is -2.74. The van der Waals surface area contributed by atoms with Crippen LogP contribution >= 0.6 is 0 Å². The van der Waals surface area contributed by atoms with Gasteiger partial charge >= 0.3 is 0 Å². The summed E-state index contributed by atoms with van der Waals surface area (Å²) in [6.07, 6.45) is 15.1. The number of ether oxygens (including phenoxy) is 2. The molecule has 3 heterocycles. The molecule has 0 radical (unpaired) electrons. The van der Waals surface area contributed by atoms with Crippen LogP contribution < -0.4 is 0 Å². The molecule has 1 aliphatic heterocycles. The van der Waals surface area contributed by atoms with Gasteiger partial charge in [0.15, 0.2) is 5.82 Å².